The van der Waals surface area contributed by atoms with Crippen LogP contribution >= 0.6 is 11.3 Å². The molecule has 0 fully saturated rings. The molecule has 3 rings (SSSR count). The summed E-state index contributed by atoms with van der Waals surface area (Å²) in [6, 6.07) is 18.6. The number of aliphatic imine (C=N–C) groups is 1. The Labute approximate surface area is 177 Å². The van der Waals surface area contributed by atoms with Gasteiger partial charge >= 0.3 is 0 Å². The number of aromatic nitrogens is 1. The minimum atomic E-state index is 0.583. The van der Waals surface area contributed by atoms with Gasteiger partial charge < -0.3 is 15.0 Å². The van der Waals surface area contributed by atoms with Crippen molar-refractivity contribution in [2.75, 3.05) is 14.1 Å². The van der Waals surface area contributed by atoms with Gasteiger partial charge in [-0.05, 0) is 23.6 Å². The molecule has 0 spiro atoms. The molecule has 0 radical (unpaired) electrons. The molecule has 29 heavy (non-hydrogen) atoms. The monoisotopic (exact) mass is 408 g/mol. The molecule has 0 saturated heterocycles. The minimum Gasteiger partial charge on any atom is -0.372 e. The van der Waals surface area contributed by atoms with Gasteiger partial charge in [-0.3, -0.25) is 4.99 Å². The van der Waals surface area contributed by atoms with Crippen LogP contribution in [-0.4, -0.2) is 29.9 Å². The fourth-order valence-corrected chi connectivity index (χ4v) is 3.69. The van der Waals surface area contributed by atoms with Crippen LogP contribution in [0, 0.1) is 6.92 Å². The zero-order chi connectivity index (χ0) is 20.5. The molecule has 1 heterocycles. The molecule has 0 saturated carbocycles. The van der Waals surface area contributed by atoms with Gasteiger partial charge in [0.05, 0.1) is 30.5 Å². The lowest BCUT2D eigenvalue weighted by molar-refractivity contribution is 0.106. The van der Waals surface area contributed by atoms with E-state index in [-0.39, 0.29) is 0 Å². The van der Waals surface area contributed by atoms with Gasteiger partial charge in [0.2, 0.25) is 0 Å². The van der Waals surface area contributed by atoms with E-state index in [9.17, 15) is 0 Å². The van der Waals surface area contributed by atoms with Crippen molar-refractivity contribution in [2.45, 2.75) is 33.2 Å². The van der Waals surface area contributed by atoms with E-state index >= 15 is 0 Å². The Morgan fingerprint density at radius 3 is 2.48 bits per heavy atom. The SMILES string of the molecule is CN=C(NCc1ccccc1COCc1ccccc1)N(C)Cc1csc(C)n1. The maximum absolute atomic E-state index is 5.93. The standard InChI is InChI=1S/C23H28N4OS/c1-18-26-22(17-29-18)14-27(3)23(24-2)25-13-20-11-7-8-12-21(20)16-28-15-19-9-5-4-6-10-19/h4-12,17H,13-16H2,1-3H3,(H,24,25). The molecule has 0 aliphatic carbocycles. The summed E-state index contributed by atoms with van der Waals surface area (Å²) in [7, 11) is 3.83. The lowest BCUT2D eigenvalue weighted by Crippen LogP contribution is -2.38. The number of ether oxygens (including phenoxy) is 1. The van der Waals surface area contributed by atoms with Crippen LogP contribution in [0.25, 0.3) is 0 Å². The molecule has 0 bridgehead atoms. The number of benzene rings is 2. The van der Waals surface area contributed by atoms with E-state index in [1.54, 1.807) is 18.4 Å². The molecular formula is C23H28N4OS. The van der Waals surface area contributed by atoms with Gasteiger partial charge in [-0.1, -0.05) is 54.6 Å². The fourth-order valence-electron chi connectivity index (χ4n) is 3.08. The number of hydrogen-bond acceptors (Lipinski definition) is 4. The molecule has 6 heteroatoms. The van der Waals surface area contributed by atoms with Crippen LogP contribution in [0.2, 0.25) is 0 Å². The Kier molecular flexibility index (Phi) is 7.78. The Morgan fingerprint density at radius 1 is 1.07 bits per heavy atom. The van der Waals surface area contributed by atoms with Gasteiger partial charge in [0.15, 0.2) is 5.96 Å². The van der Waals surface area contributed by atoms with E-state index in [1.807, 2.05) is 32.2 Å². The van der Waals surface area contributed by atoms with E-state index in [2.05, 4.69) is 62.0 Å². The molecule has 0 unspecified atom stereocenters. The van der Waals surface area contributed by atoms with E-state index in [1.165, 1.54) is 16.7 Å². The van der Waals surface area contributed by atoms with Crippen molar-refractivity contribution in [3.63, 3.8) is 0 Å². The van der Waals surface area contributed by atoms with Gasteiger partial charge in [-0.15, -0.1) is 11.3 Å². The van der Waals surface area contributed by atoms with Crippen molar-refractivity contribution < 1.29 is 4.74 Å². The number of hydrogen-bond donors (Lipinski definition) is 1. The van der Waals surface area contributed by atoms with E-state index in [0.717, 1.165) is 23.2 Å². The average Bonchev–Trinajstić information content (AvgIpc) is 3.15. The highest BCUT2D eigenvalue weighted by Gasteiger charge is 2.10. The summed E-state index contributed by atoms with van der Waals surface area (Å²) >= 11 is 1.67. The smallest absolute Gasteiger partial charge is 0.194 e. The molecular weight excluding hydrogens is 380 g/mol. The van der Waals surface area contributed by atoms with Gasteiger partial charge in [-0.25, -0.2) is 4.98 Å². The minimum absolute atomic E-state index is 0.583. The largest absolute Gasteiger partial charge is 0.372 e. The lowest BCUT2D eigenvalue weighted by atomic mass is 10.1. The fraction of sp³-hybridized carbons (Fsp3) is 0.304. The highest BCUT2D eigenvalue weighted by atomic mass is 32.1. The second-order valence-corrected chi connectivity index (χ2v) is 7.92. The average molecular weight is 409 g/mol. The Bertz CT molecular complexity index is 923. The number of rotatable bonds is 8. The first kappa shape index (κ1) is 21.0. The number of guanidine groups is 1. The zero-order valence-corrected chi connectivity index (χ0v) is 18.1. The Hall–Kier alpha value is -2.70. The van der Waals surface area contributed by atoms with Gasteiger partial charge in [-0.2, -0.15) is 0 Å². The summed E-state index contributed by atoms with van der Waals surface area (Å²) in [5, 5.41) is 6.64. The molecule has 0 atom stereocenters. The third-order valence-corrected chi connectivity index (χ3v) is 5.39. The number of nitrogens with one attached hydrogen (secondary N) is 1. The Balaban J connectivity index is 1.55. The molecule has 0 amide bonds. The van der Waals surface area contributed by atoms with Crippen LogP contribution in [0.15, 0.2) is 65.0 Å². The van der Waals surface area contributed by atoms with Crippen molar-refractivity contribution >= 4 is 17.3 Å². The first-order valence-corrected chi connectivity index (χ1v) is 10.5. The van der Waals surface area contributed by atoms with E-state index < -0.39 is 0 Å². The molecule has 152 valence electrons. The second-order valence-electron chi connectivity index (χ2n) is 6.86. The molecule has 0 aliphatic rings. The number of nitrogens with zero attached hydrogens (tertiary/aromatic N) is 3. The first-order chi connectivity index (χ1) is 14.2. The highest BCUT2D eigenvalue weighted by Crippen LogP contribution is 2.13. The molecule has 1 N–H and O–H groups in total. The van der Waals surface area contributed by atoms with Crippen LogP contribution < -0.4 is 5.32 Å². The molecule has 3 aromatic rings. The van der Waals surface area contributed by atoms with Crippen molar-refractivity contribution in [2.24, 2.45) is 4.99 Å². The Morgan fingerprint density at radius 2 is 1.79 bits per heavy atom. The molecule has 5 nitrogen and oxygen atoms in total. The van der Waals surface area contributed by atoms with Gasteiger partial charge in [0.1, 0.15) is 0 Å². The van der Waals surface area contributed by atoms with Crippen LogP contribution in [-0.2, 0) is 31.0 Å². The van der Waals surface area contributed by atoms with Crippen LogP contribution in [0.1, 0.15) is 27.4 Å². The predicted octanol–water partition coefficient (Wildman–Crippen LogP) is 4.38. The van der Waals surface area contributed by atoms with Gasteiger partial charge in [0.25, 0.3) is 0 Å². The molecule has 2 aromatic carbocycles. The van der Waals surface area contributed by atoms with E-state index in [4.69, 9.17) is 4.74 Å². The van der Waals surface area contributed by atoms with Crippen molar-refractivity contribution in [1.29, 1.82) is 0 Å². The van der Waals surface area contributed by atoms with Crippen LogP contribution in [0.4, 0.5) is 0 Å². The second kappa shape index (κ2) is 10.7. The normalized spacial score (nSPS) is 11.5. The van der Waals surface area contributed by atoms with E-state index in [0.29, 0.717) is 19.8 Å². The summed E-state index contributed by atoms with van der Waals surface area (Å²) in [6.45, 7) is 4.64. The van der Waals surface area contributed by atoms with Crippen LogP contribution in [0.5, 0.6) is 0 Å². The molecule has 0 aliphatic heterocycles. The van der Waals surface area contributed by atoms with Gasteiger partial charge in [0, 0.05) is 26.0 Å². The zero-order valence-electron chi connectivity index (χ0n) is 17.3. The maximum Gasteiger partial charge on any atom is 0.194 e. The number of aryl methyl sites for hydroxylation is 1. The number of thiazole rings is 1. The third kappa shape index (κ3) is 6.41. The predicted molar refractivity (Wildman–Crippen MR) is 120 cm³/mol. The summed E-state index contributed by atoms with van der Waals surface area (Å²) in [6.07, 6.45) is 0. The lowest BCUT2D eigenvalue weighted by Gasteiger charge is -2.22. The third-order valence-electron chi connectivity index (χ3n) is 4.56. The van der Waals surface area contributed by atoms with Crippen molar-refractivity contribution in [3.05, 3.63) is 87.4 Å². The highest BCUT2D eigenvalue weighted by molar-refractivity contribution is 7.09. The first-order valence-electron chi connectivity index (χ1n) is 9.67. The quantitative estimate of drug-likeness (QED) is 0.444. The van der Waals surface area contributed by atoms with Crippen LogP contribution in [0.3, 0.4) is 0 Å². The molecule has 1 aromatic heterocycles. The maximum atomic E-state index is 5.93. The summed E-state index contributed by atoms with van der Waals surface area (Å²) in [4.78, 5) is 11.0. The van der Waals surface area contributed by atoms with Crippen molar-refractivity contribution in [1.82, 2.24) is 15.2 Å². The topological polar surface area (TPSA) is 49.8 Å². The summed E-state index contributed by atoms with van der Waals surface area (Å²) in [5.74, 6) is 0.843. The summed E-state index contributed by atoms with van der Waals surface area (Å²) < 4.78 is 5.93. The summed E-state index contributed by atoms with van der Waals surface area (Å²) in [5.41, 5.74) is 4.64. The van der Waals surface area contributed by atoms with Crippen molar-refractivity contribution in [3.8, 4) is 0 Å².